The van der Waals surface area contributed by atoms with Crippen LogP contribution in [0.1, 0.15) is 88.1 Å². The second-order valence-electron chi connectivity index (χ2n) is 8.55. The number of unbranched alkanes of at least 4 members (excludes halogenated alkanes) is 8. The van der Waals surface area contributed by atoms with E-state index in [2.05, 4.69) is 29.6 Å². The highest BCUT2D eigenvalue weighted by atomic mass is 19.1. The smallest absolute Gasteiger partial charge is 0.257 e. The first kappa shape index (κ1) is 24.2. The average molecular weight is 436 g/mol. The molecule has 3 aromatic rings. The van der Waals surface area contributed by atoms with Gasteiger partial charge in [0, 0.05) is 12.0 Å². The summed E-state index contributed by atoms with van der Waals surface area (Å²) in [6, 6.07) is 15.0. The van der Waals surface area contributed by atoms with E-state index in [1.165, 1.54) is 57.4 Å². The molecule has 1 aromatic heterocycles. The molecule has 4 heteroatoms. The zero-order valence-electron chi connectivity index (χ0n) is 19.4. The van der Waals surface area contributed by atoms with Crippen LogP contribution in [0.15, 0.2) is 53.1 Å². The summed E-state index contributed by atoms with van der Waals surface area (Å²) in [6.45, 7) is 2.26. The van der Waals surface area contributed by atoms with E-state index in [0.717, 1.165) is 41.8 Å². The summed E-state index contributed by atoms with van der Waals surface area (Å²) in [5, 5.41) is 4.16. The first-order chi connectivity index (χ1) is 15.8. The first-order valence-corrected chi connectivity index (χ1v) is 12.3. The molecule has 32 heavy (non-hydrogen) atoms. The number of aromatic nitrogens is 2. The fourth-order valence-electron chi connectivity index (χ4n) is 3.96. The van der Waals surface area contributed by atoms with Crippen molar-refractivity contribution >= 4 is 0 Å². The van der Waals surface area contributed by atoms with Crippen molar-refractivity contribution in [3.05, 3.63) is 77.7 Å². The molecule has 0 atom stereocenters. The molecule has 3 nitrogen and oxygen atoms in total. The Bertz CT molecular complexity index is 921. The zero-order valence-corrected chi connectivity index (χ0v) is 19.4. The molecule has 0 unspecified atom stereocenters. The summed E-state index contributed by atoms with van der Waals surface area (Å²) >= 11 is 0. The first-order valence-electron chi connectivity index (χ1n) is 12.3. The minimum absolute atomic E-state index is 0.139. The van der Waals surface area contributed by atoms with Gasteiger partial charge >= 0.3 is 0 Å². The lowest BCUT2D eigenvalue weighted by Crippen LogP contribution is -1.92. The Morgan fingerprint density at radius 3 is 2.38 bits per heavy atom. The highest BCUT2D eigenvalue weighted by Crippen LogP contribution is 2.21. The van der Waals surface area contributed by atoms with Gasteiger partial charge in [-0.3, -0.25) is 0 Å². The van der Waals surface area contributed by atoms with E-state index in [1.807, 2.05) is 30.3 Å². The van der Waals surface area contributed by atoms with Crippen LogP contribution < -0.4 is 0 Å². The van der Waals surface area contributed by atoms with Gasteiger partial charge in [0.25, 0.3) is 5.89 Å². The topological polar surface area (TPSA) is 38.9 Å². The fraction of sp³-hybridized carbons (Fsp3) is 0.464. The molecule has 0 bridgehead atoms. The molecule has 0 fully saturated rings. The Labute approximate surface area is 192 Å². The van der Waals surface area contributed by atoms with Gasteiger partial charge in [0.1, 0.15) is 5.82 Å². The average Bonchev–Trinajstić information content (AvgIpc) is 3.29. The van der Waals surface area contributed by atoms with Crippen molar-refractivity contribution in [2.75, 3.05) is 0 Å². The van der Waals surface area contributed by atoms with E-state index in [9.17, 15) is 4.39 Å². The van der Waals surface area contributed by atoms with Crippen LogP contribution in [0.3, 0.4) is 0 Å². The van der Waals surface area contributed by atoms with Crippen LogP contribution in [-0.4, -0.2) is 10.1 Å². The predicted octanol–water partition coefficient (Wildman–Crippen LogP) is 8.13. The van der Waals surface area contributed by atoms with Crippen LogP contribution in [0.4, 0.5) is 4.39 Å². The third-order valence-electron chi connectivity index (χ3n) is 5.86. The molecule has 0 saturated heterocycles. The lowest BCUT2D eigenvalue weighted by molar-refractivity contribution is 0.421. The van der Waals surface area contributed by atoms with Crippen molar-refractivity contribution in [1.29, 1.82) is 0 Å². The standard InChI is InChI=1S/C28H36FN2O/c1-2-3-4-5-6-7-8-9-10-21-27-30-28(32-31-27)25-19-14-16-23(22-25)15-13-18-24-17-11-12-20-26(24)29/h11-12,14-17,19-20,22H,2-10,13,18,21H2,1H3. The number of benzene rings is 2. The number of rotatable bonds is 15. The number of nitrogens with zero attached hydrogens (tertiary/aromatic N) is 2. The largest absolute Gasteiger partial charge is 0.334 e. The maximum Gasteiger partial charge on any atom is 0.257 e. The van der Waals surface area contributed by atoms with Crippen molar-refractivity contribution in [2.45, 2.75) is 84.0 Å². The van der Waals surface area contributed by atoms with Gasteiger partial charge in [-0.15, -0.1) is 0 Å². The van der Waals surface area contributed by atoms with Crippen molar-refractivity contribution in [3.8, 4) is 11.5 Å². The molecule has 0 amide bonds. The summed E-state index contributed by atoms with van der Waals surface area (Å²) in [4.78, 5) is 4.59. The fourth-order valence-corrected chi connectivity index (χ4v) is 3.96. The summed E-state index contributed by atoms with van der Waals surface area (Å²) in [5.41, 5.74) is 2.76. The van der Waals surface area contributed by atoms with Gasteiger partial charge in [-0.25, -0.2) is 4.39 Å². The van der Waals surface area contributed by atoms with Crippen LogP contribution in [0.25, 0.3) is 11.5 Å². The minimum Gasteiger partial charge on any atom is -0.334 e. The Balaban J connectivity index is 1.39. The van der Waals surface area contributed by atoms with Gasteiger partial charge in [0.05, 0.1) is 0 Å². The summed E-state index contributed by atoms with van der Waals surface area (Å²) in [5.74, 6) is 1.22. The Morgan fingerprint density at radius 1 is 0.844 bits per heavy atom. The molecule has 3 rings (SSSR count). The van der Waals surface area contributed by atoms with Crippen LogP contribution in [-0.2, 0) is 12.8 Å². The van der Waals surface area contributed by atoms with Crippen LogP contribution in [0.5, 0.6) is 0 Å². The van der Waals surface area contributed by atoms with Crippen LogP contribution in [0, 0.1) is 12.2 Å². The Hall–Kier alpha value is -2.49. The minimum atomic E-state index is -0.139. The van der Waals surface area contributed by atoms with Crippen molar-refractivity contribution < 1.29 is 8.91 Å². The maximum absolute atomic E-state index is 13.8. The SMILES string of the molecule is CCCCCCCCCCCc1noc(-c2cccc([CH]CCc3ccccc3F)c2)n1. The number of hydrogen-bond donors (Lipinski definition) is 0. The van der Waals surface area contributed by atoms with E-state index in [0.29, 0.717) is 12.3 Å². The highest BCUT2D eigenvalue weighted by Gasteiger charge is 2.10. The second kappa shape index (κ2) is 13.8. The number of aryl methyl sites for hydroxylation is 2. The lowest BCUT2D eigenvalue weighted by atomic mass is 10.0. The van der Waals surface area contributed by atoms with Crippen LogP contribution >= 0.6 is 0 Å². The highest BCUT2D eigenvalue weighted by molar-refractivity contribution is 5.55. The van der Waals surface area contributed by atoms with Gasteiger partial charge in [0.2, 0.25) is 0 Å². The van der Waals surface area contributed by atoms with E-state index in [-0.39, 0.29) is 5.82 Å². The summed E-state index contributed by atoms with van der Waals surface area (Å²) < 4.78 is 19.3. The lowest BCUT2D eigenvalue weighted by Gasteiger charge is -2.04. The molecule has 1 heterocycles. The molecule has 1 radical (unpaired) electrons. The second-order valence-corrected chi connectivity index (χ2v) is 8.55. The van der Waals surface area contributed by atoms with Crippen LogP contribution in [0.2, 0.25) is 0 Å². The molecule has 0 saturated carbocycles. The van der Waals surface area contributed by atoms with Gasteiger partial charge in [-0.1, -0.05) is 93.8 Å². The van der Waals surface area contributed by atoms with Gasteiger partial charge in [-0.2, -0.15) is 4.98 Å². The van der Waals surface area contributed by atoms with Gasteiger partial charge in [0.15, 0.2) is 5.82 Å². The normalized spacial score (nSPS) is 11.2. The molecule has 0 aliphatic heterocycles. The molecule has 0 aliphatic carbocycles. The molecule has 2 aromatic carbocycles. The number of hydrogen-bond acceptors (Lipinski definition) is 3. The molecule has 0 N–H and O–H groups in total. The third-order valence-corrected chi connectivity index (χ3v) is 5.86. The Morgan fingerprint density at radius 2 is 1.59 bits per heavy atom. The monoisotopic (exact) mass is 435 g/mol. The molecular formula is C28H36FN2O. The zero-order chi connectivity index (χ0) is 22.4. The van der Waals surface area contributed by atoms with Crippen molar-refractivity contribution in [1.82, 2.24) is 10.1 Å². The van der Waals surface area contributed by atoms with E-state index < -0.39 is 0 Å². The molecule has 0 aliphatic rings. The molecule has 0 spiro atoms. The number of halogens is 1. The Kier molecular flexibility index (Phi) is 10.4. The van der Waals surface area contributed by atoms with E-state index in [1.54, 1.807) is 6.07 Å². The predicted molar refractivity (Wildman–Crippen MR) is 129 cm³/mol. The molecule has 171 valence electrons. The van der Waals surface area contributed by atoms with E-state index >= 15 is 0 Å². The summed E-state index contributed by atoms with van der Waals surface area (Å²) in [7, 11) is 0. The third kappa shape index (κ3) is 8.22. The quantitative estimate of drug-likeness (QED) is 0.226. The summed E-state index contributed by atoms with van der Waals surface area (Å²) in [6.07, 6.45) is 16.2. The van der Waals surface area contributed by atoms with Crippen molar-refractivity contribution in [3.63, 3.8) is 0 Å². The maximum atomic E-state index is 13.8. The van der Waals surface area contributed by atoms with Crippen molar-refractivity contribution in [2.24, 2.45) is 0 Å². The van der Waals surface area contributed by atoms with E-state index in [4.69, 9.17) is 4.52 Å². The van der Waals surface area contributed by atoms with Gasteiger partial charge in [-0.05, 0) is 55.0 Å². The van der Waals surface area contributed by atoms with Gasteiger partial charge < -0.3 is 4.52 Å². The molecular weight excluding hydrogens is 399 g/mol.